The highest BCUT2D eigenvalue weighted by molar-refractivity contribution is 7.10. The number of ether oxygens (including phenoxy) is 1. The zero-order chi connectivity index (χ0) is 14.2. The average Bonchev–Trinajstić information content (AvgIpc) is 3.10. The molecule has 110 valence electrons. The first-order chi connectivity index (χ1) is 9.77. The Labute approximate surface area is 125 Å². The van der Waals surface area contributed by atoms with Crippen molar-refractivity contribution in [1.82, 2.24) is 5.32 Å². The van der Waals surface area contributed by atoms with Gasteiger partial charge < -0.3 is 14.5 Å². The quantitative estimate of drug-likeness (QED) is 0.702. The monoisotopic (exact) mass is 293 g/mol. The lowest BCUT2D eigenvalue weighted by Crippen LogP contribution is -2.26. The molecule has 2 aromatic rings. The molecule has 0 fully saturated rings. The SMILES string of the molecule is CC(C)C(NCCCOCc1ccco1)c1cccs1. The highest BCUT2D eigenvalue weighted by Gasteiger charge is 2.15. The van der Waals surface area contributed by atoms with Gasteiger partial charge in [-0.15, -0.1) is 11.3 Å². The van der Waals surface area contributed by atoms with Gasteiger partial charge in [-0.2, -0.15) is 0 Å². The van der Waals surface area contributed by atoms with Crippen LogP contribution in [-0.2, 0) is 11.3 Å². The van der Waals surface area contributed by atoms with Crippen molar-refractivity contribution in [3.63, 3.8) is 0 Å². The second-order valence-electron chi connectivity index (χ2n) is 5.18. The summed E-state index contributed by atoms with van der Waals surface area (Å²) in [5.74, 6) is 1.48. The second kappa shape index (κ2) is 8.25. The highest BCUT2D eigenvalue weighted by Crippen LogP contribution is 2.25. The zero-order valence-electron chi connectivity index (χ0n) is 12.2. The maximum absolute atomic E-state index is 5.58. The maximum Gasteiger partial charge on any atom is 0.129 e. The van der Waals surface area contributed by atoms with Crippen molar-refractivity contribution in [2.24, 2.45) is 5.92 Å². The van der Waals surface area contributed by atoms with Gasteiger partial charge in [0, 0.05) is 17.5 Å². The zero-order valence-corrected chi connectivity index (χ0v) is 13.0. The standard InChI is InChI=1S/C16H23NO2S/c1-13(2)16(15-7-4-11-20-15)17-8-5-9-18-12-14-6-3-10-19-14/h3-4,6-7,10-11,13,16-17H,5,8-9,12H2,1-2H3. The van der Waals surface area contributed by atoms with Crippen molar-refractivity contribution in [2.45, 2.75) is 32.9 Å². The van der Waals surface area contributed by atoms with Gasteiger partial charge in [-0.05, 0) is 42.5 Å². The van der Waals surface area contributed by atoms with Gasteiger partial charge in [-0.3, -0.25) is 0 Å². The van der Waals surface area contributed by atoms with Crippen molar-refractivity contribution < 1.29 is 9.15 Å². The lowest BCUT2D eigenvalue weighted by atomic mass is 10.0. The van der Waals surface area contributed by atoms with Gasteiger partial charge in [0.1, 0.15) is 12.4 Å². The van der Waals surface area contributed by atoms with Crippen molar-refractivity contribution in [3.8, 4) is 0 Å². The van der Waals surface area contributed by atoms with E-state index in [2.05, 4.69) is 36.7 Å². The van der Waals surface area contributed by atoms with Gasteiger partial charge in [-0.25, -0.2) is 0 Å². The first-order valence-electron chi connectivity index (χ1n) is 7.14. The first kappa shape index (κ1) is 15.3. The van der Waals surface area contributed by atoms with Crippen LogP contribution in [0.4, 0.5) is 0 Å². The van der Waals surface area contributed by atoms with Crippen LogP contribution >= 0.6 is 11.3 Å². The largest absolute Gasteiger partial charge is 0.467 e. The number of nitrogens with one attached hydrogen (secondary N) is 1. The third-order valence-corrected chi connectivity index (χ3v) is 4.13. The molecule has 0 saturated carbocycles. The Bertz CT molecular complexity index is 451. The lowest BCUT2D eigenvalue weighted by molar-refractivity contribution is 0.103. The van der Waals surface area contributed by atoms with E-state index in [0.29, 0.717) is 18.6 Å². The average molecular weight is 293 g/mol. The van der Waals surface area contributed by atoms with Crippen LogP contribution in [0.1, 0.15) is 36.9 Å². The Balaban J connectivity index is 1.61. The molecular weight excluding hydrogens is 270 g/mol. The predicted molar refractivity (Wildman–Crippen MR) is 82.9 cm³/mol. The first-order valence-corrected chi connectivity index (χ1v) is 8.02. The number of rotatable bonds is 9. The minimum absolute atomic E-state index is 0.445. The summed E-state index contributed by atoms with van der Waals surface area (Å²) in [5.41, 5.74) is 0. The van der Waals surface area contributed by atoms with Gasteiger partial charge in [-0.1, -0.05) is 19.9 Å². The fraction of sp³-hybridized carbons (Fsp3) is 0.500. The Morgan fingerprint density at radius 3 is 2.85 bits per heavy atom. The normalized spacial score (nSPS) is 12.9. The highest BCUT2D eigenvalue weighted by atomic mass is 32.1. The van der Waals surface area contributed by atoms with Crippen molar-refractivity contribution >= 4 is 11.3 Å². The molecule has 0 aliphatic carbocycles. The van der Waals surface area contributed by atoms with Crippen LogP contribution in [0, 0.1) is 5.92 Å². The van der Waals surface area contributed by atoms with Gasteiger partial charge >= 0.3 is 0 Å². The molecule has 2 aromatic heterocycles. The van der Waals surface area contributed by atoms with Crippen LogP contribution in [0.5, 0.6) is 0 Å². The second-order valence-corrected chi connectivity index (χ2v) is 6.16. The minimum atomic E-state index is 0.445. The summed E-state index contributed by atoms with van der Waals surface area (Å²) in [6.45, 7) is 6.79. The van der Waals surface area contributed by atoms with Crippen molar-refractivity contribution in [3.05, 3.63) is 46.5 Å². The van der Waals surface area contributed by atoms with Crippen LogP contribution < -0.4 is 5.32 Å². The molecule has 1 N–H and O–H groups in total. The van der Waals surface area contributed by atoms with Gasteiger partial charge in [0.2, 0.25) is 0 Å². The Hall–Kier alpha value is -1.10. The Kier molecular flexibility index (Phi) is 6.30. The molecule has 1 atom stereocenters. The molecule has 0 radical (unpaired) electrons. The van der Waals surface area contributed by atoms with Crippen molar-refractivity contribution in [1.29, 1.82) is 0 Å². The molecule has 0 amide bonds. The van der Waals surface area contributed by atoms with E-state index in [1.54, 1.807) is 6.26 Å². The van der Waals surface area contributed by atoms with Crippen LogP contribution in [0.25, 0.3) is 0 Å². The van der Waals surface area contributed by atoms with E-state index < -0.39 is 0 Å². The minimum Gasteiger partial charge on any atom is -0.467 e. The molecule has 0 spiro atoms. The maximum atomic E-state index is 5.58. The molecule has 3 nitrogen and oxygen atoms in total. The van der Waals surface area contributed by atoms with Crippen LogP contribution in [0.2, 0.25) is 0 Å². The predicted octanol–water partition coefficient (Wildman–Crippen LogP) is 4.23. The molecular formula is C16H23NO2S. The molecule has 0 aliphatic rings. The number of hydrogen-bond donors (Lipinski definition) is 1. The molecule has 2 rings (SSSR count). The topological polar surface area (TPSA) is 34.4 Å². The summed E-state index contributed by atoms with van der Waals surface area (Å²) < 4.78 is 10.8. The molecule has 20 heavy (non-hydrogen) atoms. The molecule has 1 unspecified atom stereocenters. The van der Waals surface area contributed by atoms with E-state index in [9.17, 15) is 0 Å². The fourth-order valence-corrected chi connectivity index (χ4v) is 3.11. The van der Waals surface area contributed by atoms with Crippen LogP contribution in [-0.4, -0.2) is 13.2 Å². The van der Waals surface area contributed by atoms with Gasteiger partial charge in [0.05, 0.1) is 6.26 Å². The van der Waals surface area contributed by atoms with Gasteiger partial charge in [0.15, 0.2) is 0 Å². The molecule has 2 heterocycles. The third kappa shape index (κ3) is 4.78. The molecule has 4 heteroatoms. The fourth-order valence-electron chi connectivity index (χ4n) is 2.13. The summed E-state index contributed by atoms with van der Waals surface area (Å²) >= 11 is 1.82. The Morgan fingerprint density at radius 2 is 2.20 bits per heavy atom. The molecule has 0 bridgehead atoms. The summed E-state index contributed by atoms with van der Waals surface area (Å²) in [7, 11) is 0. The molecule has 0 aromatic carbocycles. The van der Waals surface area contributed by atoms with Crippen LogP contribution in [0.15, 0.2) is 40.3 Å². The number of hydrogen-bond acceptors (Lipinski definition) is 4. The van der Waals surface area contributed by atoms with E-state index in [0.717, 1.165) is 25.3 Å². The molecule has 0 aliphatic heterocycles. The lowest BCUT2D eigenvalue weighted by Gasteiger charge is -2.21. The summed E-state index contributed by atoms with van der Waals surface area (Å²) in [5, 5.41) is 5.76. The summed E-state index contributed by atoms with van der Waals surface area (Å²) in [6.07, 6.45) is 2.68. The number of furan rings is 1. The van der Waals surface area contributed by atoms with E-state index in [1.807, 2.05) is 23.5 Å². The van der Waals surface area contributed by atoms with E-state index in [4.69, 9.17) is 9.15 Å². The van der Waals surface area contributed by atoms with Gasteiger partial charge in [0.25, 0.3) is 0 Å². The smallest absolute Gasteiger partial charge is 0.129 e. The van der Waals surface area contributed by atoms with E-state index in [1.165, 1.54) is 4.88 Å². The summed E-state index contributed by atoms with van der Waals surface area (Å²) in [6, 6.07) is 8.58. The van der Waals surface area contributed by atoms with Crippen molar-refractivity contribution in [2.75, 3.05) is 13.2 Å². The van der Waals surface area contributed by atoms with E-state index in [-0.39, 0.29) is 0 Å². The Morgan fingerprint density at radius 1 is 1.30 bits per heavy atom. The third-order valence-electron chi connectivity index (χ3n) is 3.17. The number of thiophene rings is 1. The molecule has 0 saturated heterocycles. The van der Waals surface area contributed by atoms with Crippen LogP contribution in [0.3, 0.4) is 0 Å². The summed E-state index contributed by atoms with van der Waals surface area (Å²) in [4.78, 5) is 1.41. The van der Waals surface area contributed by atoms with E-state index >= 15 is 0 Å².